The van der Waals surface area contributed by atoms with Crippen molar-refractivity contribution in [2.45, 2.75) is 31.8 Å². The third kappa shape index (κ3) is 1.60. The van der Waals surface area contributed by atoms with Gasteiger partial charge in [0.25, 0.3) is 0 Å². The van der Waals surface area contributed by atoms with Gasteiger partial charge in [-0.05, 0) is 69.1 Å². The van der Waals surface area contributed by atoms with Crippen molar-refractivity contribution in [3.8, 4) is 0 Å². The topological polar surface area (TPSA) is 20.2 Å². The number of hydrogen-bond acceptors (Lipinski definition) is 1. The monoisotopic (exact) mass is 342 g/mol. The molecule has 3 heteroatoms. The average molecular weight is 344 g/mol. The highest BCUT2D eigenvalue weighted by atomic mass is 79.9. The van der Waals surface area contributed by atoms with Crippen LogP contribution >= 0.6 is 31.9 Å². The second-order valence-electron chi connectivity index (χ2n) is 4.45. The Hall–Kier alpha value is -0.120. The Morgan fingerprint density at radius 2 is 1.31 bits per heavy atom. The van der Waals surface area contributed by atoms with Crippen LogP contribution in [0.5, 0.6) is 0 Å². The van der Waals surface area contributed by atoms with Gasteiger partial charge in [0, 0.05) is 0 Å². The van der Waals surface area contributed by atoms with Gasteiger partial charge < -0.3 is 5.11 Å². The first-order chi connectivity index (χ1) is 7.66. The molecule has 0 atom stereocenters. The van der Waals surface area contributed by atoms with Crippen LogP contribution in [0, 0.1) is 0 Å². The van der Waals surface area contributed by atoms with Crippen molar-refractivity contribution in [1.82, 2.24) is 0 Å². The van der Waals surface area contributed by atoms with Gasteiger partial charge in [-0.25, -0.2) is 0 Å². The van der Waals surface area contributed by atoms with Gasteiger partial charge in [-0.3, -0.25) is 0 Å². The van der Waals surface area contributed by atoms with Crippen LogP contribution in [0.4, 0.5) is 0 Å². The number of fused-ring (bicyclic) bond motifs is 1. The van der Waals surface area contributed by atoms with E-state index >= 15 is 0 Å². The number of aliphatic hydroxyl groups is 1. The van der Waals surface area contributed by atoms with Gasteiger partial charge in [0.15, 0.2) is 0 Å². The van der Waals surface area contributed by atoms with E-state index in [0.717, 1.165) is 36.8 Å². The maximum absolute atomic E-state index is 10.3. The Kier molecular flexibility index (Phi) is 2.73. The molecule has 3 aliphatic rings. The van der Waals surface area contributed by atoms with Crippen LogP contribution in [0.15, 0.2) is 43.4 Å². The summed E-state index contributed by atoms with van der Waals surface area (Å²) in [5, 5.41) is 10.3. The Morgan fingerprint density at radius 3 is 1.75 bits per heavy atom. The zero-order valence-corrected chi connectivity index (χ0v) is 11.9. The molecule has 0 aromatic heterocycles. The summed E-state index contributed by atoms with van der Waals surface area (Å²) in [6.07, 6.45) is 8.04. The van der Waals surface area contributed by atoms with Crippen molar-refractivity contribution in [3.63, 3.8) is 0 Å². The molecule has 3 rings (SSSR count). The molecule has 0 amide bonds. The first-order valence-corrected chi connectivity index (χ1v) is 7.12. The van der Waals surface area contributed by atoms with E-state index in [-0.39, 0.29) is 0 Å². The number of rotatable bonds is 0. The fourth-order valence-corrected chi connectivity index (χ4v) is 3.63. The van der Waals surface area contributed by atoms with Gasteiger partial charge in [0.2, 0.25) is 0 Å². The Balaban J connectivity index is 2.08. The van der Waals surface area contributed by atoms with Crippen LogP contribution in [0.2, 0.25) is 0 Å². The molecule has 16 heavy (non-hydrogen) atoms. The summed E-state index contributed by atoms with van der Waals surface area (Å²) in [6.45, 7) is 0. The molecule has 0 bridgehead atoms. The van der Waals surface area contributed by atoms with Crippen LogP contribution in [0.1, 0.15) is 25.7 Å². The van der Waals surface area contributed by atoms with E-state index in [1.165, 1.54) is 20.1 Å². The summed E-state index contributed by atoms with van der Waals surface area (Å²) < 4.78 is 2.40. The highest BCUT2D eigenvalue weighted by Crippen LogP contribution is 2.46. The third-order valence-corrected chi connectivity index (χ3v) is 4.75. The van der Waals surface area contributed by atoms with Crippen LogP contribution in [-0.4, -0.2) is 11.2 Å². The molecule has 1 nitrogen and oxygen atoms in total. The lowest BCUT2D eigenvalue weighted by Gasteiger charge is -2.16. The van der Waals surface area contributed by atoms with Crippen molar-refractivity contribution >= 4 is 31.9 Å². The summed E-state index contributed by atoms with van der Waals surface area (Å²) in [4.78, 5) is 0. The summed E-state index contributed by atoms with van der Waals surface area (Å²) in [6, 6.07) is 0. The minimum Gasteiger partial charge on any atom is -0.384 e. The van der Waals surface area contributed by atoms with Crippen LogP contribution in [0.25, 0.3) is 0 Å². The molecule has 0 radical (unpaired) electrons. The Labute approximate surface area is 112 Å². The minimum atomic E-state index is -0.411. The molecule has 0 spiro atoms. The second-order valence-corrected chi connectivity index (χ2v) is 6.49. The molecule has 0 aromatic rings. The van der Waals surface area contributed by atoms with E-state index in [1.807, 2.05) is 0 Å². The van der Waals surface area contributed by atoms with Crippen LogP contribution in [-0.2, 0) is 0 Å². The Morgan fingerprint density at radius 1 is 0.875 bits per heavy atom. The smallest absolute Gasteiger partial charge is 0.105 e. The molecule has 0 aromatic carbocycles. The van der Waals surface area contributed by atoms with Crippen molar-refractivity contribution in [2.24, 2.45) is 0 Å². The average Bonchev–Trinajstić information content (AvgIpc) is 2.53. The largest absolute Gasteiger partial charge is 0.384 e. The van der Waals surface area contributed by atoms with E-state index in [2.05, 4.69) is 44.0 Å². The molecule has 0 saturated heterocycles. The SMILES string of the molecule is OC1C2=C(CCC(Br)=C2)C2=C1C=C(Br)CC2. The summed E-state index contributed by atoms with van der Waals surface area (Å²) >= 11 is 7.07. The van der Waals surface area contributed by atoms with Crippen molar-refractivity contribution in [2.75, 3.05) is 0 Å². The van der Waals surface area contributed by atoms with E-state index in [9.17, 15) is 5.11 Å². The normalized spacial score (nSPS) is 25.4. The predicted octanol–water partition coefficient (Wildman–Crippen LogP) is 4.10. The fraction of sp³-hybridized carbons (Fsp3) is 0.385. The fourth-order valence-electron chi connectivity index (χ4n) is 2.74. The molecule has 0 aliphatic heterocycles. The highest BCUT2D eigenvalue weighted by Gasteiger charge is 2.33. The lowest BCUT2D eigenvalue weighted by atomic mass is 9.92. The molecule has 1 N–H and O–H groups in total. The molecular weight excluding hydrogens is 332 g/mol. The third-order valence-electron chi connectivity index (χ3n) is 3.50. The molecular formula is C13H12Br2O. The maximum atomic E-state index is 10.3. The van der Waals surface area contributed by atoms with Gasteiger partial charge in [0.1, 0.15) is 6.10 Å². The van der Waals surface area contributed by atoms with Gasteiger partial charge in [-0.2, -0.15) is 0 Å². The number of allylic oxidation sites excluding steroid dienone is 4. The van der Waals surface area contributed by atoms with E-state index in [1.54, 1.807) is 0 Å². The lowest BCUT2D eigenvalue weighted by molar-refractivity contribution is 0.256. The van der Waals surface area contributed by atoms with Crippen molar-refractivity contribution in [3.05, 3.63) is 43.4 Å². The van der Waals surface area contributed by atoms with Gasteiger partial charge in [-0.1, -0.05) is 31.9 Å². The molecule has 0 unspecified atom stereocenters. The minimum absolute atomic E-state index is 0.411. The predicted molar refractivity (Wildman–Crippen MR) is 72.5 cm³/mol. The summed E-state index contributed by atoms with van der Waals surface area (Å²) in [7, 11) is 0. The van der Waals surface area contributed by atoms with Gasteiger partial charge in [0.05, 0.1) is 0 Å². The molecule has 0 fully saturated rings. The second kappa shape index (κ2) is 3.97. The van der Waals surface area contributed by atoms with E-state index in [4.69, 9.17) is 0 Å². The van der Waals surface area contributed by atoms with Crippen molar-refractivity contribution in [1.29, 1.82) is 0 Å². The number of halogens is 2. The molecule has 84 valence electrons. The van der Waals surface area contributed by atoms with E-state index < -0.39 is 6.10 Å². The first kappa shape index (κ1) is 11.0. The van der Waals surface area contributed by atoms with Crippen LogP contribution in [0.3, 0.4) is 0 Å². The maximum Gasteiger partial charge on any atom is 0.105 e. The van der Waals surface area contributed by atoms with E-state index in [0.29, 0.717) is 0 Å². The molecule has 3 aliphatic carbocycles. The Bertz CT molecular complexity index is 436. The standard InChI is InChI=1S/C13H12Br2O/c14-7-1-3-9-10-4-2-8(15)6-12(10)13(16)11(9)5-7/h5-6,13,16H,1-4H2. The lowest BCUT2D eigenvalue weighted by Crippen LogP contribution is -2.10. The zero-order valence-electron chi connectivity index (χ0n) is 8.76. The zero-order chi connectivity index (χ0) is 11.3. The first-order valence-electron chi connectivity index (χ1n) is 5.53. The molecule has 0 heterocycles. The summed E-state index contributed by atoms with van der Waals surface area (Å²) in [5.74, 6) is 0. The quantitative estimate of drug-likeness (QED) is 0.702. The summed E-state index contributed by atoms with van der Waals surface area (Å²) in [5.41, 5.74) is 5.01. The van der Waals surface area contributed by atoms with Gasteiger partial charge >= 0.3 is 0 Å². The van der Waals surface area contributed by atoms with Crippen LogP contribution < -0.4 is 0 Å². The number of hydrogen-bond donors (Lipinski definition) is 1. The number of aliphatic hydroxyl groups excluding tert-OH is 1. The molecule has 0 saturated carbocycles. The van der Waals surface area contributed by atoms with Gasteiger partial charge in [-0.15, -0.1) is 0 Å². The highest BCUT2D eigenvalue weighted by molar-refractivity contribution is 9.12. The van der Waals surface area contributed by atoms with Crippen molar-refractivity contribution < 1.29 is 5.11 Å².